The predicted molar refractivity (Wildman–Crippen MR) is 74.3 cm³/mol. The fraction of sp³-hybridized carbons (Fsp3) is 0.533. The molecule has 3 atom stereocenters. The Morgan fingerprint density at radius 3 is 2.89 bits per heavy atom. The van der Waals surface area contributed by atoms with Crippen LogP contribution in [0.15, 0.2) is 18.2 Å². The maximum absolute atomic E-state index is 12.5. The first-order valence-electron chi connectivity index (χ1n) is 6.80. The Balaban J connectivity index is 1.81. The minimum Gasteiger partial charge on any atom is -0.393 e. The normalized spacial score (nSPS) is 29.6. The lowest BCUT2D eigenvalue weighted by Gasteiger charge is -2.19. The molecule has 2 aliphatic rings. The summed E-state index contributed by atoms with van der Waals surface area (Å²) in [6.45, 7) is 3.32. The van der Waals surface area contributed by atoms with Gasteiger partial charge >= 0.3 is 0 Å². The summed E-state index contributed by atoms with van der Waals surface area (Å²) in [5, 5.41) is 10.5. The van der Waals surface area contributed by atoms with Crippen molar-refractivity contribution in [1.82, 2.24) is 4.90 Å². The lowest BCUT2D eigenvalue weighted by molar-refractivity contribution is 0.0752. The number of hydrogen-bond acceptors (Lipinski definition) is 2. The number of carbonyl (C=O) groups excluding carboxylic acids is 1. The number of hydrogen-bond donors (Lipinski definition) is 1. The molecule has 1 aromatic rings. The average Bonchev–Trinajstić information content (AvgIpc) is 2.95. The molecule has 4 heteroatoms. The molecule has 102 valence electrons. The number of benzene rings is 1. The summed E-state index contributed by atoms with van der Waals surface area (Å²) in [5.74, 6) is 0.713. The van der Waals surface area contributed by atoms with Crippen LogP contribution in [0.2, 0.25) is 5.02 Å². The number of carbonyl (C=O) groups is 1. The van der Waals surface area contributed by atoms with Crippen molar-refractivity contribution in [3.05, 3.63) is 34.3 Å². The van der Waals surface area contributed by atoms with E-state index in [2.05, 4.69) is 0 Å². The molecule has 1 aliphatic heterocycles. The second kappa shape index (κ2) is 4.80. The van der Waals surface area contributed by atoms with Crippen LogP contribution in [0.5, 0.6) is 0 Å². The average molecular weight is 280 g/mol. The molecule has 1 aliphatic carbocycles. The maximum Gasteiger partial charge on any atom is 0.255 e. The summed E-state index contributed by atoms with van der Waals surface area (Å²) in [4.78, 5) is 14.4. The largest absolute Gasteiger partial charge is 0.393 e. The van der Waals surface area contributed by atoms with Gasteiger partial charge in [0.05, 0.1) is 16.7 Å². The van der Waals surface area contributed by atoms with Gasteiger partial charge in [0.25, 0.3) is 5.91 Å². The third-order valence-corrected chi connectivity index (χ3v) is 5.03. The van der Waals surface area contributed by atoms with Crippen molar-refractivity contribution < 1.29 is 9.90 Å². The Hall–Kier alpha value is -1.06. The van der Waals surface area contributed by atoms with Gasteiger partial charge in [0, 0.05) is 19.0 Å². The zero-order valence-electron chi connectivity index (χ0n) is 11.0. The molecule has 0 spiro atoms. The van der Waals surface area contributed by atoms with E-state index in [4.69, 9.17) is 11.6 Å². The van der Waals surface area contributed by atoms with Gasteiger partial charge < -0.3 is 10.0 Å². The Morgan fingerprint density at radius 1 is 1.37 bits per heavy atom. The van der Waals surface area contributed by atoms with E-state index in [9.17, 15) is 9.90 Å². The van der Waals surface area contributed by atoms with Crippen molar-refractivity contribution in [2.75, 3.05) is 13.1 Å². The number of aryl methyl sites for hydroxylation is 1. The van der Waals surface area contributed by atoms with Crippen molar-refractivity contribution in [1.29, 1.82) is 0 Å². The SMILES string of the molecule is Cc1cccc(C(=O)N2CC3CCC(O)C3C2)c1Cl. The van der Waals surface area contributed by atoms with Gasteiger partial charge in [-0.05, 0) is 37.3 Å². The molecule has 1 aromatic carbocycles. The number of halogens is 1. The van der Waals surface area contributed by atoms with E-state index in [0.717, 1.165) is 24.9 Å². The van der Waals surface area contributed by atoms with E-state index in [-0.39, 0.29) is 17.9 Å². The monoisotopic (exact) mass is 279 g/mol. The van der Waals surface area contributed by atoms with E-state index >= 15 is 0 Å². The number of aliphatic hydroxyl groups is 1. The first-order chi connectivity index (χ1) is 9.08. The lowest BCUT2D eigenvalue weighted by Crippen LogP contribution is -2.31. The van der Waals surface area contributed by atoms with Gasteiger partial charge in [0.15, 0.2) is 0 Å². The molecule has 19 heavy (non-hydrogen) atoms. The summed E-state index contributed by atoms with van der Waals surface area (Å²) >= 11 is 6.22. The van der Waals surface area contributed by atoms with Gasteiger partial charge in [-0.3, -0.25) is 4.79 Å². The van der Waals surface area contributed by atoms with Gasteiger partial charge in [-0.2, -0.15) is 0 Å². The fourth-order valence-corrected chi connectivity index (χ4v) is 3.59. The highest BCUT2D eigenvalue weighted by molar-refractivity contribution is 6.34. The molecule has 0 bridgehead atoms. The number of likely N-dealkylation sites (tertiary alicyclic amines) is 1. The molecule has 3 nitrogen and oxygen atoms in total. The lowest BCUT2D eigenvalue weighted by atomic mass is 10.00. The van der Waals surface area contributed by atoms with E-state index < -0.39 is 0 Å². The summed E-state index contributed by atoms with van der Waals surface area (Å²) in [7, 11) is 0. The standard InChI is InChI=1S/C15H18ClNO2/c1-9-3-2-4-11(14(9)16)15(19)17-7-10-5-6-13(18)12(10)8-17/h2-4,10,12-13,18H,5-8H2,1H3. The van der Waals surface area contributed by atoms with Crippen LogP contribution in [0.25, 0.3) is 0 Å². The van der Waals surface area contributed by atoms with Crippen LogP contribution in [-0.2, 0) is 0 Å². The molecule has 3 rings (SSSR count). The molecular formula is C15H18ClNO2. The Kier molecular flexibility index (Phi) is 3.27. The van der Waals surface area contributed by atoms with E-state index in [1.165, 1.54) is 0 Å². The predicted octanol–water partition coefficient (Wildman–Crippen LogP) is 2.49. The van der Waals surface area contributed by atoms with Crippen LogP contribution < -0.4 is 0 Å². The van der Waals surface area contributed by atoms with Crippen LogP contribution in [0.3, 0.4) is 0 Å². The molecule has 3 unspecified atom stereocenters. The van der Waals surface area contributed by atoms with Crippen LogP contribution >= 0.6 is 11.6 Å². The van der Waals surface area contributed by atoms with Gasteiger partial charge in [0.2, 0.25) is 0 Å². The number of amides is 1. The Morgan fingerprint density at radius 2 is 2.16 bits per heavy atom. The van der Waals surface area contributed by atoms with Gasteiger partial charge in [-0.15, -0.1) is 0 Å². The highest BCUT2D eigenvalue weighted by Crippen LogP contribution is 2.38. The molecular weight excluding hydrogens is 262 g/mol. The highest BCUT2D eigenvalue weighted by Gasteiger charge is 2.43. The minimum absolute atomic E-state index is 0.00435. The van der Waals surface area contributed by atoms with Crippen LogP contribution in [0.1, 0.15) is 28.8 Å². The number of fused-ring (bicyclic) bond motifs is 1. The number of rotatable bonds is 1. The van der Waals surface area contributed by atoms with Crippen molar-refractivity contribution >= 4 is 17.5 Å². The zero-order valence-corrected chi connectivity index (χ0v) is 11.7. The first-order valence-corrected chi connectivity index (χ1v) is 7.18. The molecule has 1 saturated heterocycles. The second-order valence-electron chi connectivity index (χ2n) is 5.72. The molecule has 0 radical (unpaired) electrons. The molecule has 2 fully saturated rings. The maximum atomic E-state index is 12.5. The molecule has 1 saturated carbocycles. The second-order valence-corrected chi connectivity index (χ2v) is 6.09. The zero-order chi connectivity index (χ0) is 13.6. The summed E-state index contributed by atoms with van der Waals surface area (Å²) in [6.07, 6.45) is 1.66. The number of aliphatic hydroxyl groups excluding tert-OH is 1. The first kappa shape index (κ1) is 12.9. The van der Waals surface area contributed by atoms with Crippen molar-refractivity contribution in [2.24, 2.45) is 11.8 Å². The summed E-state index contributed by atoms with van der Waals surface area (Å²) in [5.41, 5.74) is 1.50. The highest BCUT2D eigenvalue weighted by atomic mass is 35.5. The van der Waals surface area contributed by atoms with Crippen LogP contribution in [-0.4, -0.2) is 35.1 Å². The van der Waals surface area contributed by atoms with Crippen LogP contribution in [0.4, 0.5) is 0 Å². The summed E-state index contributed by atoms with van der Waals surface area (Å²) < 4.78 is 0. The van der Waals surface area contributed by atoms with E-state index in [1.807, 2.05) is 24.0 Å². The summed E-state index contributed by atoms with van der Waals surface area (Å²) in [6, 6.07) is 5.55. The van der Waals surface area contributed by atoms with Crippen molar-refractivity contribution in [2.45, 2.75) is 25.9 Å². The molecule has 1 heterocycles. The molecule has 1 amide bonds. The molecule has 1 N–H and O–H groups in total. The Bertz CT molecular complexity index is 517. The van der Waals surface area contributed by atoms with Crippen molar-refractivity contribution in [3.8, 4) is 0 Å². The topological polar surface area (TPSA) is 40.5 Å². The van der Waals surface area contributed by atoms with Crippen LogP contribution in [0, 0.1) is 18.8 Å². The van der Waals surface area contributed by atoms with E-state index in [1.54, 1.807) is 6.07 Å². The Labute approximate surface area is 118 Å². The minimum atomic E-state index is -0.240. The third-order valence-electron chi connectivity index (χ3n) is 4.53. The quantitative estimate of drug-likeness (QED) is 0.858. The van der Waals surface area contributed by atoms with Crippen molar-refractivity contribution in [3.63, 3.8) is 0 Å². The molecule has 0 aromatic heterocycles. The van der Waals surface area contributed by atoms with E-state index in [0.29, 0.717) is 23.0 Å². The van der Waals surface area contributed by atoms with Gasteiger partial charge in [-0.25, -0.2) is 0 Å². The smallest absolute Gasteiger partial charge is 0.255 e. The van der Waals surface area contributed by atoms with Gasteiger partial charge in [-0.1, -0.05) is 23.7 Å². The van der Waals surface area contributed by atoms with Gasteiger partial charge in [0.1, 0.15) is 0 Å². The number of nitrogens with zero attached hydrogens (tertiary/aromatic N) is 1. The fourth-order valence-electron chi connectivity index (χ4n) is 3.39. The third kappa shape index (κ3) is 2.15.